The molecule has 1 N–H and O–H groups in total. The molecule has 4 saturated carbocycles. The summed E-state index contributed by atoms with van der Waals surface area (Å²) in [4.78, 5) is 32.4. The topological polar surface area (TPSA) is 73.7 Å². The highest BCUT2D eigenvalue weighted by atomic mass is 16.2. The average Bonchev–Trinajstić information content (AvgIpc) is 3.18. The fourth-order valence-corrected chi connectivity index (χ4v) is 7.33. The van der Waals surface area contributed by atoms with Crippen molar-refractivity contribution in [2.45, 2.75) is 44.6 Å². The van der Waals surface area contributed by atoms with Crippen LogP contribution in [0.1, 0.15) is 50.1 Å². The van der Waals surface area contributed by atoms with Gasteiger partial charge in [0.15, 0.2) is 0 Å². The zero-order valence-electron chi connectivity index (χ0n) is 19.8. The number of hydrogen-bond acceptors (Lipinski definition) is 4. The molecule has 2 heterocycles. The first kappa shape index (κ1) is 21.7. The summed E-state index contributed by atoms with van der Waals surface area (Å²) in [6.45, 7) is 3.08. The van der Waals surface area contributed by atoms with Gasteiger partial charge in [0.05, 0.1) is 17.7 Å². The van der Waals surface area contributed by atoms with Crippen molar-refractivity contribution in [3.05, 3.63) is 18.0 Å². The van der Waals surface area contributed by atoms with E-state index in [0.29, 0.717) is 38.6 Å². The molecular formula is C24H38N6O2. The molecule has 1 unspecified atom stereocenters. The second-order valence-electron chi connectivity index (χ2n) is 11.1. The summed E-state index contributed by atoms with van der Waals surface area (Å²) in [5.41, 5.74) is 1.01. The lowest BCUT2D eigenvalue weighted by Gasteiger charge is -2.57. The summed E-state index contributed by atoms with van der Waals surface area (Å²) >= 11 is 0. The van der Waals surface area contributed by atoms with Crippen LogP contribution in [0.5, 0.6) is 0 Å². The van der Waals surface area contributed by atoms with E-state index in [1.165, 1.54) is 19.3 Å². The Bertz CT molecular complexity index is 821. The molecule has 5 fully saturated rings. The van der Waals surface area contributed by atoms with Gasteiger partial charge < -0.3 is 20.0 Å². The Labute approximate surface area is 191 Å². The van der Waals surface area contributed by atoms with Crippen molar-refractivity contribution >= 4 is 11.9 Å². The number of nitrogens with zero attached hydrogens (tertiary/aromatic N) is 5. The second kappa shape index (κ2) is 8.36. The number of likely N-dealkylation sites (N-methyl/N-ethyl adjacent to an activating group) is 1. The van der Waals surface area contributed by atoms with E-state index >= 15 is 0 Å². The largest absolute Gasteiger partial charge is 0.339 e. The maximum Gasteiger partial charge on any atom is 0.317 e. The van der Waals surface area contributed by atoms with Crippen LogP contribution < -0.4 is 5.32 Å². The van der Waals surface area contributed by atoms with E-state index in [9.17, 15) is 9.59 Å². The maximum atomic E-state index is 13.6. The number of aryl methyl sites for hydroxylation is 1. The molecule has 0 aromatic carbocycles. The van der Waals surface area contributed by atoms with Gasteiger partial charge in [-0.1, -0.05) is 0 Å². The van der Waals surface area contributed by atoms with Crippen LogP contribution in [0.2, 0.25) is 0 Å². The summed E-state index contributed by atoms with van der Waals surface area (Å²) in [5.74, 6) is 2.73. The third-order valence-corrected chi connectivity index (χ3v) is 8.53. The molecule has 32 heavy (non-hydrogen) atoms. The van der Waals surface area contributed by atoms with Crippen LogP contribution in [-0.2, 0) is 11.8 Å². The number of piperazine rings is 1. The van der Waals surface area contributed by atoms with Gasteiger partial charge in [0.2, 0.25) is 5.91 Å². The lowest BCUT2D eigenvalue weighted by Crippen LogP contribution is -2.59. The van der Waals surface area contributed by atoms with E-state index in [0.717, 1.165) is 42.6 Å². The van der Waals surface area contributed by atoms with E-state index < -0.39 is 0 Å². The fourth-order valence-electron chi connectivity index (χ4n) is 7.33. The van der Waals surface area contributed by atoms with Gasteiger partial charge >= 0.3 is 6.03 Å². The predicted octanol–water partition coefficient (Wildman–Crippen LogP) is 2.09. The molecule has 0 spiro atoms. The highest BCUT2D eigenvalue weighted by Gasteiger charge is 2.55. The van der Waals surface area contributed by atoms with Crippen molar-refractivity contribution in [1.29, 1.82) is 0 Å². The Hall–Kier alpha value is -2.09. The monoisotopic (exact) mass is 442 g/mol. The molecule has 6 rings (SSSR count). The zero-order chi connectivity index (χ0) is 22.5. The van der Waals surface area contributed by atoms with Crippen LogP contribution in [-0.4, -0.2) is 83.2 Å². The van der Waals surface area contributed by atoms with Crippen molar-refractivity contribution in [1.82, 2.24) is 29.8 Å². The van der Waals surface area contributed by atoms with Crippen LogP contribution in [0.15, 0.2) is 12.4 Å². The van der Waals surface area contributed by atoms with Crippen LogP contribution in [0.4, 0.5) is 4.79 Å². The van der Waals surface area contributed by atoms with Gasteiger partial charge in [-0.2, -0.15) is 5.10 Å². The van der Waals surface area contributed by atoms with Gasteiger partial charge in [0.1, 0.15) is 0 Å². The second-order valence-corrected chi connectivity index (χ2v) is 11.1. The number of amides is 3. The van der Waals surface area contributed by atoms with Gasteiger partial charge in [0.25, 0.3) is 0 Å². The van der Waals surface area contributed by atoms with Gasteiger partial charge in [-0.3, -0.25) is 9.48 Å². The predicted molar refractivity (Wildman–Crippen MR) is 122 cm³/mol. The molecule has 1 aliphatic heterocycles. The number of aromatic nitrogens is 2. The molecule has 8 nitrogen and oxygen atoms in total. The van der Waals surface area contributed by atoms with Gasteiger partial charge in [0, 0.05) is 51.5 Å². The maximum absolute atomic E-state index is 13.6. The molecule has 5 aliphatic rings. The van der Waals surface area contributed by atoms with Crippen LogP contribution in [0, 0.1) is 23.2 Å². The van der Waals surface area contributed by atoms with Gasteiger partial charge in [-0.05, 0) is 70.4 Å². The Balaban J connectivity index is 1.14. The van der Waals surface area contributed by atoms with Crippen molar-refractivity contribution in [2.75, 3.05) is 46.8 Å². The number of hydrogen-bond donors (Lipinski definition) is 1. The molecule has 3 amide bonds. The lowest BCUT2D eigenvalue weighted by atomic mass is 9.49. The summed E-state index contributed by atoms with van der Waals surface area (Å²) in [6.07, 6.45) is 11.2. The molecule has 0 radical (unpaired) electrons. The smallest absolute Gasteiger partial charge is 0.317 e. The molecule has 8 heteroatoms. The first-order valence-electron chi connectivity index (χ1n) is 12.3. The van der Waals surface area contributed by atoms with Crippen molar-refractivity contribution in [3.63, 3.8) is 0 Å². The Morgan fingerprint density at radius 2 is 1.62 bits per heavy atom. The molecule has 1 aromatic heterocycles. The van der Waals surface area contributed by atoms with Gasteiger partial charge in [-0.25, -0.2) is 4.79 Å². The van der Waals surface area contributed by atoms with Crippen LogP contribution in [0.25, 0.3) is 0 Å². The number of urea groups is 1. The minimum atomic E-state index is -0.0815. The van der Waals surface area contributed by atoms with Crippen molar-refractivity contribution < 1.29 is 9.59 Å². The molecule has 1 atom stereocenters. The van der Waals surface area contributed by atoms with Crippen LogP contribution >= 0.6 is 0 Å². The molecule has 4 aliphatic carbocycles. The fraction of sp³-hybridized carbons (Fsp3) is 0.792. The number of carbonyl (C=O) groups excluding carboxylic acids is 2. The number of carbonyl (C=O) groups is 2. The van der Waals surface area contributed by atoms with Gasteiger partial charge in [-0.15, -0.1) is 0 Å². The highest BCUT2D eigenvalue weighted by molar-refractivity contribution is 5.84. The Kier molecular flexibility index (Phi) is 5.68. The molecule has 1 saturated heterocycles. The minimum absolute atomic E-state index is 0.0392. The Morgan fingerprint density at radius 3 is 2.12 bits per heavy atom. The van der Waals surface area contributed by atoms with Crippen LogP contribution in [0.3, 0.4) is 0 Å². The quantitative estimate of drug-likeness (QED) is 0.758. The van der Waals surface area contributed by atoms with E-state index in [2.05, 4.69) is 20.2 Å². The SMILES string of the molecule is CN(C)C(CNC(=O)N1CCN(C(=O)C23CC4CC(CC(C4)C2)C3)CC1)c1cnn(C)c1. The lowest BCUT2D eigenvalue weighted by molar-refractivity contribution is -0.159. The minimum Gasteiger partial charge on any atom is -0.339 e. The first-order chi connectivity index (χ1) is 15.3. The molecule has 1 aromatic rings. The normalized spacial score (nSPS) is 32.4. The van der Waals surface area contributed by atoms with E-state index in [4.69, 9.17) is 0 Å². The summed E-state index contributed by atoms with van der Waals surface area (Å²) in [5, 5.41) is 7.36. The number of rotatable bonds is 5. The number of nitrogens with one attached hydrogen (secondary N) is 1. The summed E-state index contributed by atoms with van der Waals surface area (Å²) in [6, 6.07) is 0.0363. The van der Waals surface area contributed by atoms with Crippen molar-refractivity contribution in [3.8, 4) is 0 Å². The third kappa shape index (κ3) is 4.02. The summed E-state index contributed by atoms with van der Waals surface area (Å²) in [7, 11) is 5.93. The average molecular weight is 443 g/mol. The van der Waals surface area contributed by atoms with E-state index in [1.54, 1.807) is 4.68 Å². The standard InChI is InChI=1S/C24H38N6O2/c1-27(2)21(20-14-26-28(3)16-20)15-25-23(32)30-6-4-29(5-7-30)22(31)24-11-17-8-18(12-24)10-19(9-17)13-24/h14,16-19,21H,4-13,15H2,1-3H3,(H,25,32). The Morgan fingerprint density at radius 1 is 1.06 bits per heavy atom. The van der Waals surface area contributed by atoms with E-state index in [1.807, 2.05) is 38.4 Å². The third-order valence-electron chi connectivity index (χ3n) is 8.53. The molecule has 176 valence electrons. The summed E-state index contributed by atoms with van der Waals surface area (Å²) < 4.78 is 1.79. The van der Waals surface area contributed by atoms with Crippen molar-refractivity contribution in [2.24, 2.45) is 30.2 Å². The first-order valence-corrected chi connectivity index (χ1v) is 12.3. The highest BCUT2D eigenvalue weighted by Crippen LogP contribution is 2.60. The van der Waals surface area contributed by atoms with E-state index in [-0.39, 0.29) is 17.5 Å². The molecule has 4 bridgehead atoms. The molecular weight excluding hydrogens is 404 g/mol. The zero-order valence-corrected chi connectivity index (χ0v) is 19.8.